The van der Waals surface area contributed by atoms with Gasteiger partial charge in [0.05, 0.1) is 18.1 Å². The summed E-state index contributed by atoms with van der Waals surface area (Å²) in [5.74, 6) is -0.666. The molecule has 10 nitrogen and oxygen atoms in total. The summed E-state index contributed by atoms with van der Waals surface area (Å²) < 4.78 is 33.1. The highest BCUT2D eigenvalue weighted by Gasteiger charge is 2.26. The minimum atomic E-state index is -4.14. The maximum absolute atomic E-state index is 12.9. The van der Waals surface area contributed by atoms with Crippen LogP contribution in [0.1, 0.15) is 43.2 Å². The number of nitrogens with two attached hydrogens (primary N) is 1. The molecule has 1 saturated heterocycles. The third-order valence-corrected chi connectivity index (χ3v) is 8.40. The number of anilines is 1. The van der Waals surface area contributed by atoms with Gasteiger partial charge in [0.1, 0.15) is 17.7 Å². The van der Waals surface area contributed by atoms with Crippen LogP contribution in [0.25, 0.3) is 6.08 Å². The Hall–Kier alpha value is -3.28. The fourth-order valence-corrected chi connectivity index (χ4v) is 5.99. The number of hydrogen-bond acceptors (Lipinski definition) is 7. The molecule has 0 atom stereocenters. The van der Waals surface area contributed by atoms with E-state index < -0.39 is 21.7 Å². The number of hydrogen-bond donors (Lipinski definition) is 3. The molecule has 13 heteroatoms. The van der Waals surface area contributed by atoms with Crippen molar-refractivity contribution in [3.05, 3.63) is 65.7 Å². The molecule has 2 aliphatic heterocycles. The summed E-state index contributed by atoms with van der Waals surface area (Å²) in [5.41, 5.74) is 7.18. The third kappa shape index (κ3) is 9.65. The number of halogens is 2. The van der Waals surface area contributed by atoms with Crippen LogP contribution in [-0.4, -0.2) is 74.1 Å². The van der Waals surface area contributed by atoms with Crippen LogP contribution in [0.4, 0.5) is 5.69 Å². The predicted molar refractivity (Wildman–Crippen MR) is 168 cm³/mol. The average Bonchev–Trinajstić information content (AvgIpc) is 2.92. The molecule has 0 bridgehead atoms. The second-order valence-electron chi connectivity index (χ2n) is 9.68. The summed E-state index contributed by atoms with van der Waals surface area (Å²) in [6.07, 6.45) is 8.59. The molecule has 224 valence electrons. The number of sulfonamides is 1. The maximum atomic E-state index is 12.9. The summed E-state index contributed by atoms with van der Waals surface area (Å²) in [6, 6.07) is 13.7. The lowest BCUT2D eigenvalue weighted by atomic mass is 10.1. The first-order chi connectivity index (χ1) is 18.7. The van der Waals surface area contributed by atoms with E-state index in [1.54, 1.807) is 60.7 Å². The number of likely N-dealkylation sites (tertiary alicyclic amines) is 1. The first-order valence-corrected chi connectivity index (χ1v) is 14.7. The van der Waals surface area contributed by atoms with Gasteiger partial charge in [0.25, 0.3) is 0 Å². The van der Waals surface area contributed by atoms with Crippen molar-refractivity contribution in [2.45, 2.75) is 38.2 Å². The third-order valence-electron chi connectivity index (χ3n) is 6.76. The van der Waals surface area contributed by atoms with Gasteiger partial charge in [0, 0.05) is 44.5 Å². The zero-order chi connectivity index (χ0) is 27.8. The number of rotatable bonds is 10. The molecule has 0 spiro atoms. The van der Waals surface area contributed by atoms with Crippen molar-refractivity contribution >= 4 is 64.2 Å². The number of amidine groups is 2. The Morgan fingerprint density at radius 1 is 1.15 bits per heavy atom. The van der Waals surface area contributed by atoms with Crippen molar-refractivity contribution in [3.63, 3.8) is 0 Å². The Labute approximate surface area is 253 Å². The number of piperidine rings is 1. The summed E-state index contributed by atoms with van der Waals surface area (Å²) >= 11 is 0. The Morgan fingerprint density at radius 2 is 1.85 bits per heavy atom. The molecule has 0 radical (unpaired) electrons. The number of benzene rings is 2. The van der Waals surface area contributed by atoms with Gasteiger partial charge in [-0.15, -0.1) is 24.8 Å². The van der Waals surface area contributed by atoms with E-state index in [0.717, 1.165) is 48.8 Å². The van der Waals surface area contributed by atoms with Crippen LogP contribution in [0.5, 0.6) is 5.75 Å². The van der Waals surface area contributed by atoms with E-state index in [9.17, 15) is 18.3 Å². The van der Waals surface area contributed by atoms with E-state index in [1.165, 1.54) is 18.7 Å². The van der Waals surface area contributed by atoms with Crippen LogP contribution in [0.3, 0.4) is 0 Å². The standard InChI is InChI=1S/C28H35N5O5S.2ClH/c29-28(30)22-7-3-5-21(19-22)6-4-16-33(39(36,37)20-27(34)35)23-9-11-24(12-10-23)38-25-13-17-32(18-14-25)26-8-1-2-15-31-26;;/h3-7,9-12,19,25H,1-2,8,13-18,20H2,(H3,29,30)(H,34,35);2*1H/b6-4+;;. The molecule has 2 aliphatic rings. The number of carboxylic acids is 1. The second kappa shape index (κ2) is 15.6. The van der Waals surface area contributed by atoms with Crippen molar-refractivity contribution in [2.24, 2.45) is 10.7 Å². The lowest BCUT2D eigenvalue weighted by Gasteiger charge is -2.35. The van der Waals surface area contributed by atoms with Gasteiger partial charge in [-0.2, -0.15) is 0 Å². The van der Waals surface area contributed by atoms with Crippen LogP contribution >= 0.6 is 24.8 Å². The Kier molecular flexibility index (Phi) is 12.9. The largest absolute Gasteiger partial charge is 0.490 e. The van der Waals surface area contributed by atoms with E-state index in [-0.39, 0.29) is 43.3 Å². The van der Waals surface area contributed by atoms with Crippen LogP contribution in [-0.2, 0) is 14.8 Å². The van der Waals surface area contributed by atoms with Crippen molar-refractivity contribution < 1.29 is 23.1 Å². The molecule has 2 aromatic carbocycles. The molecule has 4 rings (SSSR count). The average molecular weight is 627 g/mol. The highest BCUT2D eigenvalue weighted by Crippen LogP contribution is 2.26. The lowest BCUT2D eigenvalue weighted by molar-refractivity contribution is -0.134. The number of carboxylic acid groups (broad SMARTS) is 1. The molecule has 0 aromatic heterocycles. The topological polar surface area (TPSA) is 149 Å². The molecule has 0 unspecified atom stereocenters. The first kappa shape index (κ1) is 33.9. The van der Waals surface area contributed by atoms with Crippen LogP contribution in [0.2, 0.25) is 0 Å². The number of ether oxygens (including phenoxy) is 1. The van der Waals surface area contributed by atoms with Crippen LogP contribution in [0.15, 0.2) is 59.6 Å². The SMILES string of the molecule is Cl.Cl.N=C(N)c1cccc(/C=C/CN(c2ccc(OC3CCN(C4=NCCCC4)CC3)cc2)S(=O)(=O)CC(=O)O)c1. The molecular formula is C28H37Cl2N5O5S. The monoisotopic (exact) mass is 625 g/mol. The minimum Gasteiger partial charge on any atom is -0.490 e. The summed E-state index contributed by atoms with van der Waals surface area (Å²) in [4.78, 5) is 18.3. The fraction of sp³-hybridized carbons (Fsp3) is 0.393. The number of nitrogen functional groups attached to an aromatic ring is 1. The van der Waals surface area contributed by atoms with Crippen molar-refractivity contribution in [1.82, 2.24) is 4.90 Å². The summed E-state index contributed by atoms with van der Waals surface area (Å²) in [7, 11) is -4.14. The van der Waals surface area contributed by atoms with Crippen molar-refractivity contribution in [1.29, 1.82) is 5.41 Å². The van der Waals surface area contributed by atoms with Gasteiger partial charge in [-0.3, -0.25) is 19.5 Å². The molecule has 1 fully saturated rings. The van der Waals surface area contributed by atoms with Crippen molar-refractivity contribution in [3.8, 4) is 5.75 Å². The van der Waals surface area contributed by atoms with E-state index in [0.29, 0.717) is 17.0 Å². The smallest absolute Gasteiger partial charge is 0.320 e. The Morgan fingerprint density at radius 3 is 2.46 bits per heavy atom. The number of nitrogens with zero attached hydrogens (tertiary/aromatic N) is 3. The van der Waals surface area contributed by atoms with Gasteiger partial charge in [-0.1, -0.05) is 30.4 Å². The second-order valence-corrected chi connectivity index (χ2v) is 11.6. The van der Waals surface area contributed by atoms with E-state index >= 15 is 0 Å². The van der Waals surface area contributed by atoms with Crippen LogP contribution in [0, 0.1) is 5.41 Å². The number of nitrogens with one attached hydrogen (secondary N) is 1. The summed E-state index contributed by atoms with van der Waals surface area (Å²) in [5, 5.41) is 16.8. The highest BCUT2D eigenvalue weighted by molar-refractivity contribution is 7.93. The molecular weight excluding hydrogens is 589 g/mol. The number of aliphatic imine (C=N–C) groups is 1. The molecule has 0 aliphatic carbocycles. The Bertz CT molecular complexity index is 1340. The first-order valence-electron chi connectivity index (χ1n) is 13.1. The van der Waals surface area contributed by atoms with Gasteiger partial charge in [0.2, 0.25) is 10.0 Å². The molecule has 2 heterocycles. The van der Waals surface area contributed by atoms with E-state index in [2.05, 4.69) is 9.89 Å². The number of aliphatic carboxylic acids is 1. The quantitative estimate of drug-likeness (QED) is 0.265. The minimum absolute atomic E-state index is 0. The van der Waals surface area contributed by atoms with Gasteiger partial charge in [0.15, 0.2) is 5.75 Å². The lowest BCUT2D eigenvalue weighted by Crippen LogP contribution is -2.42. The van der Waals surface area contributed by atoms with Gasteiger partial charge in [-0.25, -0.2) is 8.42 Å². The van der Waals surface area contributed by atoms with E-state index in [1.807, 2.05) is 0 Å². The molecule has 4 N–H and O–H groups in total. The summed E-state index contributed by atoms with van der Waals surface area (Å²) in [6.45, 7) is 2.66. The zero-order valence-corrected chi connectivity index (χ0v) is 25.1. The van der Waals surface area contributed by atoms with Gasteiger partial charge in [-0.05, 0) is 48.7 Å². The zero-order valence-electron chi connectivity index (χ0n) is 22.6. The normalized spacial score (nSPS) is 15.8. The van der Waals surface area contributed by atoms with Gasteiger partial charge < -0.3 is 20.5 Å². The Balaban J connectivity index is 0.00000294. The molecule has 0 amide bonds. The van der Waals surface area contributed by atoms with Gasteiger partial charge >= 0.3 is 5.97 Å². The van der Waals surface area contributed by atoms with Crippen LogP contribution < -0.4 is 14.8 Å². The molecule has 2 aromatic rings. The maximum Gasteiger partial charge on any atom is 0.320 e. The predicted octanol–water partition coefficient (Wildman–Crippen LogP) is 4.17. The van der Waals surface area contributed by atoms with Crippen molar-refractivity contribution in [2.75, 3.05) is 36.2 Å². The fourth-order valence-electron chi connectivity index (χ4n) is 4.76. The number of carbonyl (C=O) groups is 1. The molecule has 0 saturated carbocycles. The van der Waals surface area contributed by atoms with E-state index in [4.69, 9.17) is 15.9 Å². The molecule has 41 heavy (non-hydrogen) atoms. The highest BCUT2D eigenvalue weighted by atomic mass is 35.5.